The smallest absolute Gasteiger partial charge is 0.280 e. The molecule has 0 spiro atoms. The molecule has 3 aromatic heterocycles. The van der Waals surface area contributed by atoms with Gasteiger partial charge in [0.2, 0.25) is 0 Å². The predicted molar refractivity (Wildman–Crippen MR) is 168 cm³/mol. The Balaban J connectivity index is 1.21. The summed E-state index contributed by atoms with van der Waals surface area (Å²) in [5.74, 6) is 0.468. The van der Waals surface area contributed by atoms with Crippen LogP contribution in [0.5, 0.6) is 0 Å². The second-order valence-corrected chi connectivity index (χ2v) is 14.1. The van der Waals surface area contributed by atoms with E-state index in [-0.39, 0.29) is 23.5 Å². The number of hydrogen-bond donors (Lipinski definition) is 3. The topological polar surface area (TPSA) is 107 Å². The van der Waals surface area contributed by atoms with Gasteiger partial charge < -0.3 is 15.3 Å². The molecule has 42 heavy (non-hydrogen) atoms. The summed E-state index contributed by atoms with van der Waals surface area (Å²) in [6, 6.07) is 10.4. The molecule has 0 bridgehead atoms. The van der Waals surface area contributed by atoms with Gasteiger partial charge in [-0.2, -0.15) is 5.10 Å². The number of pyridine rings is 1. The molecule has 1 aliphatic heterocycles. The van der Waals surface area contributed by atoms with Gasteiger partial charge >= 0.3 is 0 Å². The average molecular weight is 587 g/mol. The molecule has 2 aliphatic rings. The fraction of sp³-hybridized carbons (Fsp3) is 0.515. The highest BCUT2D eigenvalue weighted by Gasteiger charge is 2.30. The van der Waals surface area contributed by atoms with Crippen LogP contribution in [0, 0.1) is 18.3 Å². The van der Waals surface area contributed by atoms with Crippen molar-refractivity contribution in [3.8, 4) is 11.1 Å². The quantitative estimate of drug-likeness (QED) is 0.251. The number of rotatable bonds is 7. The summed E-state index contributed by atoms with van der Waals surface area (Å²) in [5, 5.41) is 20.9. The number of aromatic nitrogens is 4. The van der Waals surface area contributed by atoms with Gasteiger partial charge in [0.25, 0.3) is 5.91 Å². The first-order valence-electron chi connectivity index (χ1n) is 15.2. The van der Waals surface area contributed by atoms with Crippen molar-refractivity contribution in [1.82, 2.24) is 30.4 Å². The number of aliphatic hydroxyl groups excluding tert-OH is 1. The van der Waals surface area contributed by atoms with Crippen molar-refractivity contribution in [3.63, 3.8) is 0 Å². The predicted octanol–water partition coefficient (Wildman–Crippen LogP) is 5.86. The number of fused-ring (bicyclic) bond motifs is 2. The highest BCUT2D eigenvalue weighted by molar-refractivity contribution is 7.19. The third kappa shape index (κ3) is 6.28. The summed E-state index contributed by atoms with van der Waals surface area (Å²) >= 11 is 1.39. The minimum Gasteiger partial charge on any atom is -0.393 e. The van der Waals surface area contributed by atoms with Crippen LogP contribution >= 0.6 is 11.3 Å². The Labute approximate surface area is 252 Å². The Morgan fingerprint density at radius 2 is 1.93 bits per heavy atom. The van der Waals surface area contributed by atoms with Crippen molar-refractivity contribution in [2.75, 3.05) is 19.6 Å². The Hall–Kier alpha value is -3.14. The van der Waals surface area contributed by atoms with Crippen LogP contribution in [0.3, 0.4) is 0 Å². The number of aromatic amines is 1. The molecule has 0 radical (unpaired) electrons. The van der Waals surface area contributed by atoms with Crippen LogP contribution < -0.4 is 5.32 Å². The van der Waals surface area contributed by atoms with E-state index < -0.39 is 0 Å². The van der Waals surface area contributed by atoms with E-state index in [1.807, 2.05) is 13.1 Å². The van der Waals surface area contributed by atoms with Crippen molar-refractivity contribution in [3.05, 3.63) is 64.1 Å². The minimum atomic E-state index is -0.201. The maximum absolute atomic E-state index is 13.6. The number of aryl methyl sites for hydroxylation is 2. The maximum Gasteiger partial charge on any atom is 0.280 e. The standard InChI is InChI=1S/C33H42N6O2S/c1-20-26(19-34-38-20)21-5-7-22(8-6-21)28(13-16-39-14-11-25(40)12-15-39)35-30(41)32-37-29-18-23-17-24(33(2,3)4)9-10-27(23)36-31(29)42-32/h5-8,18-19,24-25,28,40H,9-17H2,1-4H3,(H,34,38)(H,35,41)/t24-,28+/m0/s1. The van der Waals surface area contributed by atoms with Crippen molar-refractivity contribution in [2.45, 2.75) is 78.4 Å². The molecule has 4 heterocycles. The van der Waals surface area contributed by atoms with Gasteiger partial charge in [-0.05, 0) is 79.5 Å². The zero-order valence-electron chi connectivity index (χ0n) is 25.1. The molecule has 9 heteroatoms. The Morgan fingerprint density at radius 3 is 2.62 bits per heavy atom. The summed E-state index contributed by atoms with van der Waals surface area (Å²) in [7, 11) is 0. The SMILES string of the molecule is Cc1[nH]ncc1-c1ccc([C@@H](CCN2CCC(O)CC2)NC(=O)c2nc3cc4c(nc3s2)CC[C@H](C(C)(C)C)C4)cc1. The Bertz CT molecular complexity index is 1550. The Morgan fingerprint density at radius 1 is 1.17 bits per heavy atom. The van der Waals surface area contributed by atoms with Crippen molar-refractivity contribution < 1.29 is 9.90 Å². The van der Waals surface area contributed by atoms with Gasteiger partial charge in [-0.3, -0.25) is 9.89 Å². The number of benzene rings is 1. The second kappa shape index (κ2) is 11.9. The normalized spacial score (nSPS) is 19.1. The molecule has 1 amide bonds. The maximum atomic E-state index is 13.6. The lowest BCUT2D eigenvalue weighted by Crippen LogP contribution is -2.38. The van der Waals surface area contributed by atoms with Gasteiger partial charge in [0.05, 0.1) is 18.3 Å². The second-order valence-electron chi connectivity index (χ2n) is 13.2. The molecule has 3 N–H and O–H groups in total. The fourth-order valence-corrected chi connectivity index (χ4v) is 7.23. The van der Waals surface area contributed by atoms with Gasteiger partial charge in [0.1, 0.15) is 10.3 Å². The summed E-state index contributed by atoms with van der Waals surface area (Å²) in [5.41, 5.74) is 7.79. The van der Waals surface area contributed by atoms with Crippen LogP contribution in [0.15, 0.2) is 36.5 Å². The Kier molecular flexibility index (Phi) is 8.18. The van der Waals surface area contributed by atoms with Crippen LogP contribution in [0.25, 0.3) is 21.5 Å². The van der Waals surface area contributed by atoms with E-state index in [9.17, 15) is 9.90 Å². The lowest BCUT2D eigenvalue weighted by Gasteiger charge is -2.34. The molecule has 4 aromatic rings. The number of nitrogens with zero attached hydrogens (tertiary/aromatic N) is 4. The van der Waals surface area contributed by atoms with Gasteiger partial charge in [-0.15, -0.1) is 0 Å². The minimum absolute atomic E-state index is 0.155. The third-order valence-electron chi connectivity index (χ3n) is 9.22. The van der Waals surface area contributed by atoms with Crippen molar-refractivity contribution >= 4 is 27.6 Å². The molecule has 6 rings (SSSR count). The molecular weight excluding hydrogens is 544 g/mol. The van der Waals surface area contributed by atoms with E-state index in [0.717, 1.165) is 96.6 Å². The number of amides is 1. The molecule has 0 unspecified atom stereocenters. The van der Waals surface area contributed by atoms with Crippen LogP contribution in [-0.2, 0) is 12.8 Å². The number of aliphatic hydroxyl groups is 1. The summed E-state index contributed by atoms with van der Waals surface area (Å²) < 4.78 is 0. The molecule has 222 valence electrons. The molecular formula is C33H42N6O2S. The molecule has 1 fully saturated rings. The van der Waals surface area contributed by atoms with E-state index >= 15 is 0 Å². The molecule has 1 aliphatic carbocycles. The van der Waals surface area contributed by atoms with Crippen LogP contribution in [0.4, 0.5) is 0 Å². The van der Waals surface area contributed by atoms with Crippen molar-refractivity contribution in [1.29, 1.82) is 0 Å². The number of hydrogen-bond acceptors (Lipinski definition) is 7. The monoisotopic (exact) mass is 586 g/mol. The first-order chi connectivity index (χ1) is 20.1. The molecule has 0 saturated carbocycles. The molecule has 1 saturated heterocycles. The van der Waals surface area contributed by atoms with Crippen LogP contribution in [0.1, 0.15) is 84.8 Å². The molecule has 2 atom stereocenters. The number of likely N-dealkylation sites (tertiary alicyclic amines) is 1. The largest absolute Gasteiger partial charge is 0.393 e. The highest BCUT2D eigenvalue weighted by atomic mass is 32.1. The first-order valence-corrected chi connectivity index (χ1v) is 16.1. The van der Waals surface area contributed by atoms with Gasteiger partial charge in [-0.1, -0.05) is 56.4 Å². The number of carbonyl (C=O) groups is 1. The number of H-pyrrole nitrogens is 1. The zero-order valence-corrected chi connectivity index (χ0v) is 25.9. The summed E-state index contributed by atoms with van der Waals surface area (Å²) in [4.78, 5) is 26.6. The van der Waals surface area contributed by atoms with Gasteiger partial charge in [0.15, 0.2) is 5.01 Å². The lowest BCUT2D eigenvalue weighted by atomic mass is 9.71. The number of carbonyl (C=O) groups excluding carboxylic acids is 1. The van der Waals surface area contributed by atoms with Gasteiger partial charge in [0, 0.05) is 36.6 Å². The fourth-order valence-electron chi connectivity index (χ4n) is 6.38. The number of thiazole rings is 1. The first kappa shape index (κ1) is 29.0. The third-order valence-corrected chi connectivity index (χ3v) is 10.2. The van der Waals surface area contributed by atoms with Crippen molar-refractivity contribution in [2.24, 2.45) is 11.3 Å². The average Bonchev–Trinajstić information content (AvgIpc) is 3.59. The molecule has 1 aromatic carbocycles. The van der Waals surface area contributed by atoms with E-state index in [0.29, 0.717) is 10.9 Å². The van der Waals surface area contributed by atoms with Gasteiger partial charge in [-0.25, -0.2) is 9.97 Å². The number of nitrogens with one attached hydrogen (secondary N) is 2. The molecule has 8 nitrogen and oxygen atoms in total. The van der Waals surface area contributed by atoms with E-state index in [1.54, 1.807) is 0 Å². The summed E-state index contributed by atoms with van der Waals surface area (Å²) in [6.45, 7) is 11.6. The number of piperidine rings is 1. The van der Waals surface area contributed by atoms with E-state index in [2.05, 4.69) is 71.5 Å². The van der Waals surface area contributed by atoms with E-state index in [1.165, 1.54) is 16.9 Å². The highest BCUT2D eigenvalue weighted by Crippen LogP contribution is 2.38. The summed E-state index contributed by atoms with van der Waals surface area (Å²) in [6.07, 6.45) is 7.17. The zero-order chi connectivity index (χ0) is 29.4. The van der Waals surface area contributed by atoms with Crippen LogP contribution in [0.2, 0.25) is 0 Å². The van der Waals surface area contributed by atoms with E-state index in [4.69, 9.17) is 9.97 Å². The van der Waals surface area contributed by atoms with Crippen LogP contribution in [-0.4, -0.2) is 61.8 Å². The lowest BCUT2D eigenvalue weighted by molar-refractivity contribution is 0.0795.